The second-order valence-corrected chi connectivity index (χ2v) is 4.97. The molecule has 6 heteroatoms. The van der Waals surface area contributed by atoms with Crippen molar-refractivity contribution in [2.45, 2.75) is 12.8 Å². The van der Waals surface area contributed by atoms with E-state index in [9.17, 15) is 4.79 Å². The van der Waals surface area contributed by atoms with Crippen LogP contribution in [0.2, 0.25) is 5.02 Å². The lowest BCUT2D eigenvalue weighted by Gasteiger charge is -2.22. The Hall–Kier alpha value is -1.46. The van der Waals surface area contributed by atoms with Crippen molar-refractivity contribution in [1.82, 2.24) is 0 Å². The van der Waals surface area contributed by atoms with E-state index in [2.05, 4.69) is 5.32 Å². The summed E-state index contributed by atoms with van der Waals surface area (Å²) in [5.41, 5.74) is 0.560. The normalized spacial score (nSPS) is 15.8. The van der Waals surface area contributed by atoms with Gasteiger partial charge in [0.2, 0.25) is 5.91 Å². The van der Waals surface area contributed by atoms with Crippen LogP contribution in [-0.4, -0.2) is 33.3 Å². The van der Waals surface area contributed by atoms with Gasteiger partial charge in [-0.05, 0) is 12.8 Å². The lowest BCUT2D eigenvalue weighted by atomic mass is 9.99. The molecule has 0 aliphatic carbocycles. The van der Waals surface area contributed by atoms with Crippen molar-refractivity contribution in [3.8, 4) is 11.5 Å². The first kappa shape index (κ1) is 14.9. The first-order valence-electron chi connectivity index (χ1n) is 6.46. The van der Waals surface area contributed by atoms with Gasteiger partial charge in [0.25, 0.3) is 0 Å². The van der Waals surface area contributed by atoms with Gasteiger partial charge >= 0.3 is 0 Å². The molecule has 110 valence electrons. The fourth-order valence-corrected chi connectivity index (χ4v) is 2.38. The molecular weight excluding hydrogens is 282 g/mol. The molecule has 1 aromatic carbocycles. The van der Waals surface area contributed by atoms with Gasteiger partial charge in [-0.25, -0.2) is 0 Å². The summed E-state index contributed by atoms with van der Waals surface area (Å²) in [6, 6.07) is 3.29. The predicted octanol–water partition coefficient (Wildman–Crippen LogP) is 2.72. The maximum atomic E-state index is 12.2. The summed E-state index contributed by atoms with van der Waals surface area (Å²) in [5, 5.41) is 3.31. The van der Waals surface area contributed by atoms with Gasteiger partial charge in [-0.15, -0.1) is 0 Å². The molecule has 1 N–H and O–H groups in total. The van der Waals surface area contributed by atoms with E-state index in [1.54, 1.807) is 12.1 Å². The second kappa shape index (κ2) is 6.81. The van der Waals surface area contributed by atoms with Crippen molar-refractivity contribution in [1.29, 1.82) is 0 Å². The smallest absolute Gasteiger partial charge is 0.227 e. The summed E-state index contributed by atoms with van der Waals surface area (Å²) in [6.07, 6.45) is 1.47. The molecule has 0 atom stereocenters. The Morgan fingerprint density at radius 2 is 1.90 bits per heavy atom. The standard InChI is InChI=1S/C14H18ClNO4/c1-18-12-8-11(13(19-2)7-10(12)15)16-14(17)9-3-5-20-6-4-9/h7-9H,3-6H2,1-2H3,(H,16,17). The van der Waals surface area contributed by atoms with Crippen LogP contribution in [0.15, 0.2) is 12.1 Å². The third kappa shape index (κ3) is 3.35. The number of benzene rings is 1. The molecule has 0 saturated carbocycles. The number of anilines is 1. The first-order valence-corrected chi connectivity index (χ1v) is 6.83. The summed E-state index contributed by atoms with van der Waals surface area (Å²) in [5.74, 6) is 0.942. The fourth-order valence-electron chi connectivity index (χ4n) is 2.15. The molecule has 1 aliphatic heterocycles. The van der Waals surface area contributed by atoms with Gasteiger partial charge in [0, 0.05) is 31.3 Å². The number of halogens is 1. The zero-order valence-electron chi connectivity index (χ0n) is 11.6. The van der Waals surface area contributed by atoms with Gasteiger partial charge in [0.05, 0.1) is 24.9 Å². The van der Waals surface area contributed by atoms with Crippen molar-refractivity contribution in [3.63, 3.8) is 0 Å². The highest BCUT2D eigenvalue weighted by molar-refractivity contribution is 6.32. The van der Waals surface area contributed by atoms with Gasteiger partial charge in [-0.2, -0.15) is 0 Å². The van der Waals surface area contributed by atoms with E-state index in [1.165, 1.54) is 14.2 Å². The second-order valence-electron chi connectivity index (χ2n) is 4.56. The highest BCUT2D eigenvalue weighted by Gasteiger charge is 2.23. The number of ether oxygens (including phenoxy) is 3. The van der Waals surface area contributed by atoms with Gasteiger partial charge in [-0.1, -0.05) is 11.6 Å². The Bertz CT molecular complexity index is 486. The van der Waals surface area contributed by atoms with Crippen LogP contribution in [0.5, 0.6) is 11.5 Å². The Morgan fingerprint density at radius 1 is 1.25 bits per heavy atom. The van der Waals surface area contributed by atoms with Gasteiger partial charge in [0.15, 0.2) is 0 Å². The molecule has 5 nitrogen and oxygen atoms in total. The van der Waals surface area contributed by atoms with Crippen molar-refractivity contribution in [2.24, 2.45) is 5.92 Å². The Balaban J connectivity index is 2.16. The lowest BCUT2D eigenvalue weighted by Crippen LogP contribution is -2.28. The minimum Gasteiger partial charge on any atom is -0.495 e. The van der Waals surface area contributed by atoms with Crippen LogP contribution in [0.3, 0.4) is 0 Å². The van der Waals surface area contributed by atoms with Crippen LogP contribution in [0.25, 0.3) is 0 Å². The van der Waals surface area contributed by atoms with E-state index in [0.29, 0.717) is 35.4 Å². The molecule has 0 radical (unpaired) electrons. The van der Waals surface area contributed by atoms with Gasteiger partial charge in [-0.3, -0.25) is 4.79 Å². The minimum absolute atomic E-state index is 0.0315. The topological polar surface area (TPSA) is 56.8 Å². The van der Waals surface area contributed by atoms with Crippen LogP contribution < -0.4 is 14.8 Å². The number of methoxy groups -OCH3 is 2. The van der Waals surface area contributed by atoms with Crippen LogP contribution in [0, 0.1) is 5.92 Å². The number of carbonyl (C=O) groups excluding carboxylic acids is 1. The quantitative estimate of drug-likeness (QED) is 0.929. The minimum atomic E-state index is -0.0323. The maximum Gasteiger partial charge on any atom is 0.227 e. The summed E-state index contributed by atoms with van der Waals surface area (Å²) in [7, 11) is 3.06. The summed E-state index contributed by atoms with van der Waals surface area (Å²) in [6.45, 7) is 1.25. The van der Waals surface area contributed by atoms with E-state index in [4.69, 9.17) is 25.8 Å². The number of rotatable bonds is 4. The van der Waals surface area contributed by atoms with Gasteiger partial charge < -0.3 is 19.5 Å². The Labute approximate surface area is 123 Å². The molecule has 1 aromatic rings. The van der Waals surface area contributed by atoms with Crippen LogP contribution in [-0.2, 0) is 9.53 Å². The van der Waals surface area contributed by atoms with Crippen LogP contribution in [0.4, 0.5) is 5.69 Å². The maximum absolute atomic E-state index is 12.2. The van der Waals surface area contributed by atoms with E-state index >= 15 is 0 Å². The van der Waals surface area contributed by atoms with Crippen LogP contribution >= 0.6 is 11.6 Å². The summed E-state index contributed by atoms with van der Waals surface area (Å²) in [4.78, 5) is 12.2. The molecule has 0 spiro atoms. The number of amides is 1. The largest absolute Gasteiger partial charge is 0.495 e. The first-order chi connectivity index (χ1) is 9.65. The number of nitrogens with one attached hydrogen (secondary N) is 1. The molecule has 0 aromatic heterocycles. The molecule has 20 heavy (non-hydrogen) atoms. The number of hydrogen-bond donors (Lipinski definition) is 1. The SMILES string of the molecule is COc1cc(NC(=O)C2CCOCC2)c(OC)cc1Cl. The van der Waals surface area contributed by atoms with E-state index in [1.807, 2.05) is 0 Å². The molecule has 2 rings (SSSR count). The molecule has 1 heterocycles. The van der Waals surface area contributed by atoms with Crippen molar-refractivity contribution >= 4 is 23.2 Å². The highest BCUT2D eigenvalue weighted by Crippen LogP contribution is 2.36. The van der Waals surface area contributed by atoms with E-state index < -0.39 is 0 Å². The highest BCUT2D eigenvalue weighted by atomic mass is 35.5. The average Bonchev–Trinajstić information content (AvgIpc) is 2.49. The average molecular weight is 300 g/mol. The molecule has 0 unspecified atom stereocenters. The molecule has 1 amide bonds. The lowest BCUT2D eigenvalue weighted by molar-refractivity contribution is -0.122. The van der Waals surface area contributed by atoms with E-state index in [-0.39, 0.29) is 11.8 Å². The molecule has 1 saturated heterocycles. The zero-order chi connectivity index (χ0) is 14.5. The number of hydrogen-bond acceptors (Lipinski definition) is 4. The van der Waals surface area contributed by atoms with Crippen molar-refractivity contribution in [2.75, 3.05) is 32.8 Å². The zero-order valence-corrected chi connectivity index (χ0v) is 12.3. The molecule has 0 bridgehead atoms. The van der Waals surface area contributed by atoms with Crippen molar-refractivity contribution < 1.29 is 19.0 Å². The molecule has 1 aliphatic rings. The monoisotopic (exact) mass is 299 g/mol. The van der Waals surface area contributed by atoms with Gasteiger partial charge in [0.1, 0.15) is 11.5 Å². The third-order valence-corrected chi connectivity index (χ3v) is 3.62. The molecule has 1 fully saturated rings. The predicted molar refractivity (Wildman–Crippen MR) is 76.7 cm³/mol. The van der Waals surface area contributed by atoms with E-state index in [0.717, 1.165) is 12.8 Å². The Kier molecular flexibility index (Phi) is 5.09. The fraction of sp³-hybridized carbons (Fsp3) is 0.500. The third-order valence-electron chi connectivity index (χ3n) is 3.32. The van der Waals surface area contributed by atoms with Crippen molar-refractivity contribution in [3.05, 3.63) is 17.2 Å². The Morgan fingerprint density at radius 3 is 2.50 bits per heavy atom. The summed E-state index contributed by atoms with van der Waals surface area (Å²) >= 11 is 6.03. The number of carbonyl (C=O) groups is 1. The molecular formula is C14H18ClNO4. The van der Waals surface area contributed by atoms with Crippen LogP contribution in [0.1, 0.15) is 12.8 Å². The summed E-state index contributed by atoms with van der Waals surface area (Å²) < 4.78 is 15.6.